The number of benzene rings is 1. The summed E-state index contributed by atoms with van der Waals surface area (Å²) in [5, 5.41) is 0. The van der Waals surface area contributed by atoms with E-state index in [4.69, 9.17) is 10.5 Å². The average molecular weight is 286 g/mol. The summed E-state index contributed by atoms with van der Waals surface area (Å²) in [4.78, 5) is 0. The van der Waals surface area contributed by atoms with Crippen LogP contribution >= 0.6 is 15.9 Å². The van der Waals surface area contributed by atoms with Crippen LogP contribution in [0, 0.1) is 0 Å². The van der Waals surface area contributed by atoms with Gasteiger partial charge in [-0.1, -0.05) is 48.2 Å². The van der Waals surface area contributed by atoms with Crippen LogP contribution in [-0.2, 0) is 0 Å². The van der Waals surface area contributed by atoms with Crippen LogP contribution in [0.25, 0.3) is 0 Å². The Kier molecular flexibility index (Phi) is 5.85. The quantitative estimate of drug-likeness (QED) is 0.801. The largest absolute Gasteiger partial charge is 0.496 e. The first-order valence-corrected chi connectivity index (χ1v) is 6.57. The third kappa shape index (κ3) is 3.80. The lowest BCUT2D eigenvalue weighted by Gasteiger charge is -2.15. The highest BCUT2D eigenvalue weighted by Gasteiger charge is 2.11. The molecule has 1 atom stereocenters. The van der Waals surface area contributed by atoms with Crippen molar-refractivity contribution in [1.29, 1.82) is 0 Å². The minimum atomic E-state index is 0.0783. The van der Waals surface area contributed by atoms with Gasteiger partial charge in [-0.05, 0) is 18.6 Å². The van der Waals surface area contributed by atoms with Crippen molar-refractivity contribution in [3.8, 4) is 5.75 Å². The number of nitrogens with two attached hydrogens (primary N) is 1. The predicted molar refractivity (Wildman–Crippen MR) is 71.8 cm³/mol. The molecule has 0 saturated carbocycles. The molecular formula is C13H20BrNO. The molecule has 0 saturated heterocycles. The van der Waals surface area contributed by atoms with Gasteiger partial charge in [-0.15, -0.1) is 0 Å². The minimum absolute atomic E-state index is 0.0783. The predicted octanol–water partition coefficient (Wildman–Crippen LogP) is 4.04. The van der Waals surface area contributed by atoms with Gasteiger partial charge in [0.1, 0.15) is 5.75 Å². The van der Waals surface area contributed by atoms with Crippen molar-refractivity contribution in [3.63, 3.8) is 0 Å². The molecule has 0 fully saturated rings. The summed E-state index contributed by atoms with van der Waals surface area (Å²) in [7, 11) is 1.68. The summed E-state index contributed by atoms with van der Waals surface area (Å²) in [6.07, 6.45) is 4.67. The Morgan fingerprint density at radius 1 is 1.38 bits per heavy atom. The Bertz CT molecular complexity index is 328. The van der Waals surface area contributed by atoms with Gasteiger partial charge in [0.15, 0.2) is 0 Å². The number of unbranched alkanes of at least 4 members (excludes halogenated alkanes) is 2. The molecule has 0 aliphatic rings. The summed E-state index contributed by atoms with van der Waals surface area (Å²) >= 11 is 3.43. The zero-order chi connectivity index (χ0) is 12.0. The molecule has 2 nitrogen and oxygen atoms in total. The molecule has 3 heteroatoms. The van der Waals surface area contributed by atoms with Crippen molar-refractivity contribution < 1.29 is 4.74 Å². The molecule has 0 spiro atoms. The van der Waals surface area contributed by atoms with Gasteiger partial charge in [0.2, 0.25) is 0 Å². The Morgan fingerprint density at radius 3 is 2.75 bits per heavy atom. The topological polar surface area (TPSA) is 35.2 Å². The van der Waals surface area contributed by atoms with Crippen molar-refractivity contribution in [1.82, 2.24) is 0 Å². The number of rotatable bonds is 6. The van der Waals surface area contributed by atoms with Crippen molar-refractivity contribution >= 4 is 15.9 Å². The highest BCUT2D eigenvalue weighted by Crippen LogP contribution is 2.29. The van der Waals surface area contributed by atoms with Crippen LogP contribution in [0.1, 0.15) is 44.2 Å². The molecule has 0 aliphatic carbocycles. The second-order valence-corrected chi connectivity index (χ2v) is 4.90. The van der Waals surface area contributed by atoms with Crippen molar-refractivity contribution in [2.24, 2.45) is 5.73 Å². The lowest BCUT2D eigenvalue weighted by atomic mass is 10.0. The van der Waals surface area contributed by atoms with Crippen LogP contribution in [0.3, 0.4) is 0 Å². The van der Waals surface area contributed by atoms with Crippen molar-refractivity contribution in [2.75, 3.05) is 7.11 Å². The first-order valence-electron chi connectivity index (χ1n) is 5.78. The molecule has 0 aliphatic heterocycles. The Morgan fingerprint density at radius 2 is 2.12 bits per heavy atom. The molecule has 1 unspecified atom stereocenters. The van der Waals surface area contributed by atoms with Crippen LogP contribution in [0.4, 0.5) is 0 Å². The SMILES string of the molecule is CCCCCC(N)c1ccc(Br)cc1OC. The summed E-state index contributed by atoms with van der Waals surface area (Å²) in [5.74, 6) is 0.873. The fraction of sp³-hybridized carbons (Fsp3) is 0.538. The number of methoxy groups -OCH3 is 1. The van der Waals surface area contributed by atoms with Crippen LogP contribution < -0.4 is 10.5 Å². The van der Waals surface area contributed by atoms with E-state index < -0.39 is 0 Å². The summed E-state index contributed by atoms with van der Waals surface area (Å²) < 4.78 is 6.37. The smallest absolute Gasteiger partial charge is 0.124 e. The molecule has 1 aromatic carbocycles. The van der Waals surface area contributed by atoms with Gasteiger partial charge < -0.3 is 10.5 Å². The second-order valence-electron chi connectivity index (χ2n) is 3.99. The third-order valence-corrected chi connectivity index (χ3v) is 3.21. The minimum Gasteiger partial charge on any atom is -0.496 e. The lowest BCUT2D eigenvalue weighted by Crippen LogP contribution is -2.11. The molecule has 90 valence electrons. The summed E-state index contributed by atoms with van der Waals surface area (Å²) in [5.41, 5.74) is 7.27. The van der Waals surface area contributed by atoms with E-state index in [9.17, 15) is 0 Å². The van der Waals surface area contributed by atoms with Gasteiger partial charge in [-0.2, -0.15) is 0 Å². The Hall–Kier alpha value is -0.540. The Labute approximate surface area is 106 Å². The fourth-order valence-corrected chi connectivity index (χ4v) is 2.10. The van der Waals surface area contributed by atoms with Gasteiger partial charge in [0.05, 0.1) is 7.11 Å². The van der Waals surface area contributed by atoms with E-state index in [-0.39, 0.29) is 6.04 Å². The van der Waals surface area contributed by atoms with E-state index in [0.29, 0.717) is 0 Å². The molecule has 0 radical (unpaired) electrons. The van der Waals surface area contributed by atoms with E-state index in [1.54, 1.807) is 7.11 Å². The summed E-state index contributed by atoms with van der Waals surface area (Å²) in [6.45, 7) is 2.20. The van der Waals surface area contributed by atoms with E-state index in [0.717, 1.165) is 22.2 Å². The second kappa shape index (κ2) is 6.92. The standard InChI is InChI=1S/C13H20BrNO/c1-3-4-5-6-12(15)11-8-7-10(14)9-13(11)16-2/h7-9,12H,3-6,15H2,1-2H3. The number of halogens is 1. The number of ether oxygens (including phenoxy) is 1. The Balaban J connectivity index is 2.70. The van der Waals surface area contributed by atoms with Gasteiger partial charge in [0, 0.05) is 16.1 Å². The first-order chi connectivity index (χ1) is 7.69. The van der Waals surface area contributed by atoms with E-state index in [1.165, 1.54) is 19.3 Å². The maximum absolute atomic E-state index is 6.17. The maximum Gasteiger partial charge on any atom is 0.124 e. The van der Waals surface area contributed by atoms with E-state index in [2.05, 4.69) is 22.9 Å². The molecule has 0 amide bonds. The highest BCUT2D eigenvalue weighted by atomic mass is 79.9. The van der Waals surface area contributed by atoms with Crippen molar-refractivity contribution in [2.45, 2.75) is 38.6 Å². The van der Waals surface area contributed by atoms with Gasteiger partial charge in [-0.3, -0.25) is 0 Å². The van der Waals surface area contributed by atoms with Crippen LogP contribution in [0.5, 0.6) is 5.75 Å². The maximum atomic E-state index is 6.17. The van der Waals surface area contributed by atoms with Crippen molar-refractivity contribution in [3.05, 3.63) is 28.2 Å². The molecule has 16 heavy (non-hydrogen) atoms. The summed E-state index contributed by atoms with van der Waals surface area (Å²) in [6, 6.07) is 6.10. The molecule has 2 N–H and O–H groups in total. The zero-order valence-electron chi connectivity index (χ0n) is 10.0. The fourth-order valence-electron chi connectivity index (χ4n) is 1.76. The molecule has 0 aromatic heterocycles. The zero-order valence-corrected chi connectivity index (χ0v) is 11.6. The molecule has 0 heterocycles. The van der Waals surface area contributed by atoms with Gasteiger partial charge >= 0.3 is 0 Å². The van der Waals surface area contributed by atoms with E-state index >= 15 is 0 Å². The average Bonchev–Trinajstić information content (AvgIpc) is 2.29. The van der Waals surface area contributed by atoms with Gasteiger partial charge in [-0.25, -0.2) is 0 Å². The number of hydrogen-bond donors (Lipinski definition) is 1. The monoisotopic (exact) mass is 285 g/mol. The highest BCUT2D eigenvalue weighted by molar-refractivity contribution is 9.10. The van der Waals surface area contributed by atoms with Crippen LogP contribution in [0.15, 0.2) is 22.7 Å². The molecule has 0 bridgehead atoms. The number of hydrogen-bond acceptors (Lipinski definition) is 2. The third-order valence-electron chi connectivity index (χ3n) is 2.71. The lowest BCUT2D eigenvalue weighted by molar-refractivity contribution is 0.403. The normalized spacial score (nSPS) is 12.5. The molecular weight excluding hydrogens is 266 g/mol. The van der Waals surface area contributed by atoms with Crippen LogP contribution in [0.2, 0.25) is 0 Å². The first kappa shape index (κ1) is 13.5. The van der Waals surface area contributed by atoms with E-state index in [1.807, 2.05) is 18.2 Å². The van der Waals surface area contributed by atoms with Crippen LogP contribution in [-0.4, -0.2) is 7.11 Å². The molecule has 1 aromatic rings. The molecule has 1 rings (SSSR count). The van der Waals surface area contributed by atoms with Gasteiger partial charge in [0.25, 0.3) is 0 Å².